The molecule has 0 atom stereocenters. The van der Waals surface area contributed by atoms with Gasteiger partial charge < -0.3 is 0 Å². The Bertz CT molecular complexity index is 1020. The standard InChI is InChI=1S/C19H19N3O3S/c1-11-5-6-12(9-15(11)22(24)25)17(23)21-18-20-14-8-7-13(19(2,3)4)10-16(14)26-18/h5-10H,1-4H3,(H,20,21,23). The van der Waals surface area contributed by atoms with E-state index >= 15 is 0 Å². The van der Waals surface area contributed by atoms with Crippen LogP contribution in [0.4, 0.5) is 10.8 Å². The molecule has 6 nitrogen and oxygen atoms in total. The van der Waals surface area contributed by atoms with Crippen LogP contribution in [-0.2, 0) is 5.41 Å². The van der Waals surface area contributed by atoms with Crippen molar-refractivity contribution in [3.8, 4) is 0 Å². The summed E-state index contributed by atoms with van der Waals surface area (Å²) in [4.78, 5) is 27.4. The van der Waals surface area contributed by atoms with Gasteiger partial charge in [0.25, 0.3) is 11.6 Å². The number of anilines is 1. The molecule has 0 bridgehead atoms. The van der Waals surface area contributed by atoms with Crippen LogP contribution in [0.1, 0.15) is 42.3 Å². The van der Waals surface area contributed by atoms with E-state index in [4.69, 9.17) is 0 Å². The molecule has 1 amide bonds. The van der Waals surface area contributed by atoms with E-state index in [0.29, 0.717) is 10.7 Å². The number of carbonyl (C=O) groups excluding carboxylic acids is 1. The van der Waals surface area contributed by atoms with Crippen LogP contribution in [0.2, 0.25) is 0 Å². The molecule has 134 valence electrons. The Labute approximate surface area is 155 Å². The van der Waals surface area contributed by atoms with Crippen LogP contribution in [0.15, 0.2) is 36.4 Å². The number of thiazole rings is 1. The Hall–Kier alpha value is -2.80. The molecule has 0 fully saturated rings. The lowest BCUT2D eigenvalue weighted by atomic mass is 9.87. The molecule has 0 saturated heterocycles. The molecule has 0 spiro atoms. The number of hydrogen-bond donors (Lipinski definition) is 1. The maximum Gasteiger partial charge on any atom is 0.273 e. The summed E-state index contributed by atoms with van der Waals surface area (Å²) in [6.45, 7) is 8.06. The molecule has 1 N–H and O–H groups in total. The highest BCUT2D eigenvalue weighted by molar-refractivity contribution is 7.22. The van der Waals surface area contributed by atoms with E-state index in [-0.39, 0.29) is 16.7 Å². The van der Waals surface area contributed by atoms with Gasteiger partial charge in [-0.3, -0.25) is 20.2 Å². The lowest BCUT2D eigenvalue weighted by molar-refractivity contribution is -0.385. The number of nitro groups is 1. The third-order valence-corrected chi connectivity index (χ3v) is 5.08. The minimum absolute atomic E-state index is 0.0302. The number of amides is 1. The number of fused-ring (bicyclic) bond motifs is 1. The van der Waals surface area contributed by atoms with Crippen molar-refractivity contribution in [2.24, 2.45) is 0 Å². The lowest BCUT2D eigenvalue weighted by Gasteiger charge is -2.18. The number of nitrogens with one attached hydrogen (secondary N) is 1. The number of benzene rings is 2. The first-order valence-corrected chi connectivity index (χ1v) is 8.94. The third kappa shape index (κ3) is 3.57. The van der Waals surface area contributed by atoms with Crippen molar-refractivity contribution in [2.45, 2.75) is 33.1 Å². The molecule has 3 rings (SSSR count). The van der Waals surface area contributed by atoms with Gasteiger partial charge >= 0.3 is 0 Å². The molecule has 0 aliphatic rings. The van der Waals surface area contributed by atoms with E-state index in [1.54, 1.807) is 19.1 Å². The highest BCUT2D eigenvalue weighted by Crippen LogP contribution is 2.31. The first-order chi connectivity index (χ1) is 12.1. The zero-order valence-corrected chi connectivity index (χ0v) is 15.8. The van der Waals surface area contributed by atoms with Crippen molar-refractivity contribution >= 4 is 38.3 Å². The maximum atomic E-state index is 12.4. The third-order valence-electron chi connectivity index (χ3n) is 4.14. The Morgan fingerprint density at radius 3 is 2.58 bits per heavy atom. The van der Waals surface area contributed by atoms with E-state index in [1.165, 1.54) is 23.0 Å². The fraction of sp³-hybridized carbons (Fsp3) is 0.263. The Balaban J connectivity index is 1.88. The summed E-state index contributed by atoms with van der Waals surface area (Å²) < 4.78 is 0.989. The normalized spacial score (nSPS) is 11.5. The van der Waals surface area contributed by atoms with Gasteiger partial charge in [0.2, 0.25) is 0 Å². The van der Waals surface area contributed by atoms with E-state index < -0.39 is 10.8 Å². The molecular weight excluding hydrogens is 350 g/mol. The predicted octanol–water partition coefficient (Wildman–Crippen LogP) is 5.06. The fourth-order valence-electron chi connectivity index (χ4n) is 2.56. The largest absolute Gasteiger partial charge is 0.298 e. The quantitative estimate of drug-likeness (QED) is 0.516. The second kappa shape index (κ2) is 6.49. The number of aromatic nitrogens is 1. The zero-order valence-electron chi connectivity index (χ0n) is 15.0. The Morgan fingerprint density at radius 2 is 1.92 bits per heavy atom. The minimum Gasteiger partial charge on any atom is -0.298 e. The number of aryl methyl sites for hydroxylation is 1. The van der Waals surface area contributed by atoms with Crippen molar-refractivity contribution in [3.05, 3.63) is 63.2 Å². The van der Waals surface area contributed by atoms with E-state index in [9.17, 15) is 14.9 Å². The van der Waals surface area contributed by atoms with Gasteiger partial charge in [-0.1, -0.05) is 44.2 Å². The number of hydrogen-bond acceptors (Lipinski definition) is 5. The van der Waals surface area contributed by atoms with Crippen molar-refractivity contribution in [2.75, 3.05) is 5.32 Å². The van der Waals surface area contributed by atoms with E-state index in [1.807, 2.05) is 12.1 Å². The van der Waals surface area contributed by atoms with Gasteiger partial charge in [-0.2, -0.15) is 0 Å². The fourth-order valence-corrected chi connectivity index (χ4v) is 3.46. The summed E-state index contributed by atoms with van der Waals surface area (Å²) in [7, 11) is 0. The molecule has 0 aliphatic carbocycles. The molecule has 7 heteroatoms. The number of nitro benzene ring substituents is 1. The summed E-state index contributed by atoms with van der Waals surface area (Å²) in [5.41, 5.74) is 2.71. The zero-order chi connectivity index (χ0) is 19.1. The first-order valence-electron chi connectivity index (χ1n) is 8.12. The van der Waals surface area contributed by atoms with Crippen LogP contribution in [0.3, 0.4) is 0 Å². The number of rotatable bonds is 3. The average molecular weight is 369 g/mol. The second-order valence-electron chi connectivity index (χ2n) is 7.16. The molecule has 26 heavy (non-hydrogen) atoms. The van der Waals surface area contributed by atoms with Crippen LogP contribution in [0.25, 0.3) is 10.2 Å². The van der Waals surface area contributed by atoms with Gasteiger partial charge in [-0.05, 0) is 36.1 Å². The molecule has 1 heterocycles. The SMILES string of the molecule is Cc1ccc(C(=O)Nc2nc3ccc(C(C)(C)C)cc3s2)cc1[N+](=O)[O-]. The monoisotopic (exact) mass is 369 g/mol. The van der Waals surface area contributed by atoms with Crippen molar-refractivity contribution in [3.63, 3.8) is 0 Å². The molecule has 0 saturated carbocycles. The summed E-state index contributed by atoms with van der Waals surface area (Å²) >= 11 is 1.39. The van der Waals surface area contributed by atoms with Gasteiger partial charge in [-0.15, -0.1) is 0 Å². The van der Waals surface area contributed by atoms with Crippen LogP contribution in [0, 0.1) is 17.0 Å². The van der Waals surface area contributed by atoms with Gasteiger partial charge in [0.05, 0.1) is 15.1 Å². The second-order valence-corrected chi connectivity index (χ2v) is 8.19. The Kier molecular flexibility index (Phi) is 4.50. The summed E-state index contributed by atoms with van der Waals surface area (Å²) in [5.74, 6) is -0.414. The smallest absolute Gasteiger partial charge is 0.273 e. The lowest BCUT2D eigenvalue weighted by Crippen LogP contribution is -2.12. The van der Waals surface area contributed by atoms with Crippen molar-refractivity contribution < 1.29 is 9.72 Å². The van der Waals surface area contributed by atoms with Crippen LogP contribution < -0.4 is 5.32 Å². The van der Waals surface area contributed by atoms with Crippen molar-refractivity contribution in [1.29, 1.82) is 0 Å². The predicted molar refractivity (Wildman–Crippen MR) is 104 cm³/mol. The van der Waals surface area contributed by atoms with Crippen LogP contribution in [0.5, 0.6) is 0 Å². The number of nitrogens with zero attached hydrogens (tertiary/aromatic N) is 2. The van der Waals surface area contributed by atoms with Crippen LogP contribution in [-0.4, -0.2) is 15.8 Å². The highest BCUT2D eigenvalue weighted by atomic mass is 32.1. The average Bonchev–Trinajstić information content (AvgIpc) is 2.95. The van der Waals surface area contributed by atoms with Crippen LogP contribution >= 0.6 is 11.3 Å². The number of carbonyl (C=O) groups is 1. The molecule has 0 unspecified atom stereocenters. The molecule has 3 aromatic rings. The Morgan fingerprint density at radius 1 is 1.19 bits per heavy atom. The molecular formula is C19H19N3O3S. The van der Waals surface area contributed by atoms with E-state index in [0.717, 1.165) is 10.2 Å². The molecule has 2 aromatic carbocycles. The van der Waals surface area contributed by atoms with Gasteiger partial charge in [-0.25, -0.2) is 4.98 Å². The minimum atomic E-state index is -0.488. The highest BCUT2D eigenvalue weighted by Gasteiger charge is 2.18. The summed E-state index contributed by atoms with van der Waals surface area (Å²) in [6.07, 6.45) is 0. The topological polar surface area (TPSA) is 85.1 Å². The molecule has 0 aliphatic heterocycles. The van der Waals surface area contributed by atoms with Crippen molar-refractivity contribution in [1.82, 2.24) is 4.98 Å². The van der Waals surface area contributed by atoms with Gasteiger partial charge in [0.15, 0.2) is 5.13 Å². The maximum absolute atomic E-state index is 12.4. The van der Waals surface area contributed by atoms with E-state index in [2.05, 4.69) is 37.1 Å². The molecule has 0 radical (unpaired) electrons. The first kappa shape index (κ1) is 18.0. The molecule has 1 aromatic heterocycles. The van der Waals surface area contributed by atoms with Gasteiger partial charge in [0.1, 0.15) is 0 Å². The van der Waals surface area contributed by atoms with Gasteiger partial charge in [0, 0.05) is 17.2 Å². The summed E-state index contributed by atoms with van der Waals surface area (Å²) in [6, 6.07) is 10.5. The summed E-state index contributed by atoms with van der Waals surface area (Å²) in [5, 5.41) is 14.3.